The summed E-state index contributed by atoms with van der Waals surface area (Å²) in [5.74, 6) is 1.29. The largest absolute Gasteiger partial charge is 0.112 e. The van der Waals surface area contributed by atoms with Crippen molar-refractivity contribution >= 4 is 28.8 Å². The van der Waals surface area contributed by atoms with Gasteiger partial charge in [-0.15, -0.1) is 5.73 Å². The Morgan fingerprint density at radius 2 is 1.43 bits per heavy atom. The van der Waals surface area contributed by atoms with Crippen LogP contribution in [0.5, 0.6) is 0 Å². The van der Waals surface area contributed by atoms with E-state index in [-0.39, 0.29) is 0 Å². The molecular formula is C21H16Cl2. The molecule has 0 amide bonds. The molecule has 1 saturated carbocycles. The van der Waals surface area contributed by atoms with Gasteiger partial charge >= 0.3 is 0 Å². The van der Waals surface area contributed by atoms with E-state index in [9.17, 15) is 0 Å². The van der Waals surface area contributed by atoms with Crippen LogP contribution in [0.25, 0.3) is 5.57 Å². The third-order valence-corrected chi connectivity index (χ3v) is 5.11. The molecule has 2 heteroatoms. The first kappa shape index (κ1) is 14.8. The van der Waals surface area contributed by atoms with Gasteiger partial charge in [-0.2, -0.15) is 0 Å². The smallest absolute Gasteiger partial charge is 0.0406 e. The highest BCUT2D eigenvalue weighted by Gasteiger charge is 2.43. The SMILES string of the molecule is Clc1ccc(C(=C=C2C3C=CCCC23)c2ccc(Cl)cc2)cc1. The van der Waals surface area contributed by atoms with Crippen LogP contribution >= 0.6 is 23.2 Å². The van der Waals surface area contributed by atoms with Gasteiger partial charge in [0.2, 0.25) is 0 Å². The molecule has 1 fully saturated rings. The Hall–Kier alpha value is -1.72. The van der Waals surface area contributed by atoms with Crippen molar-refractivity contribution in [2.75, 3.05) is 0 Å². The number of rotatable bonds is 2. The molecule has 23 heavy (non-hydrogen) atoms. The van der Waals surface area contributed by atoms with Crippen LogP contribution in [0.2, 0.25) is 10.0 Å². The van der Waals surface area contributed by atoms with E-state index in [2.05, 4.69) is 42.1 Å². The summed E-state index contributed by atoms with van der Waals surface area (Å²) in [6.07, 6.45) is 7.06. The van der Waals surface area contributed by atoms with E-state index in [0.29, 0.717) is 11.8 Å². The Balaban J connectivity index is 1.85. The summed E-state index contributed by atoms with van der Waals surface area (Å²) in [7, 11) is 0. The fraction of sp³-hybridized carbons (Fsp3) is 0.190. The topological polar surface area (TPSA) is 0 Å². The number of allylic oxidation sites excluding steroid dienone is 3. The van der Waals surface area contributed by atoms with Gasteiger partial charge in [-0.05, 0) is 59.7 Å². The van der Waals surface area contributed by atoms with Gasteiger partial charge in [0, 0.05) is 21.5 Å². The maximum Gasteiger partial charge on any atom is 0.0406 e. The Bertz CT molecular complexity index is 772. The second-order valence-electron chi connectivity index (χ2n) is 6.11. The number of hydrogen-bond acceptors (Lipinski definition) is 0. The minimum atomic E-state index is 0.596. The van der Waals surface area contributed by atoms with Crippen molar-refractivity contribution in [3.05, 3.63) is 93.2 Å². The van der Waals surface area contributed by atoms with Crippen molar-refractivity contribution in [3.63, 3.8) is 0 Å². The summed E-state index contributed by atoms with van der Waals surface area (Å²) in [5, 5.41) is 1.50. The Morgan fingerprint density at radius 3 is 1.91 bits per heavy atom. The molecule has 0 bridgehead atoms. The van der Waals surface area contributed by atoms with E-state index in [4.69, 9.17) is 23.2 Å². The first-order valence-electron chi connectivity index (χ1n) is 7.91. The minimum Gasteiger partial charge on any atom is -0.112 e. The molecule has 2 aromatic rings. The van der Waals surface area contributed by atoms with Gasteiger partial charge in [-0.1, -0.05) is 59.6 Å². The third-order valence-electron chi connectivity index (χ3n) is 4.61. The summed E-state index contributed by atoms with van der Waals surface area (Å²) < 4.78 is 0. The average Bonchev–Trinajstić information content (AvgIpc) is 3.28. The molecule has 2 unspecified atom stereocenters. The lowest BCUT2D eigenvalue weighted by molar-refractivity contribution is 0.689. The lowest BCUT2D eigenvalue weighted by Crippen LogP contribution is -1.86. The zero-order chi connectivity index (χ0) is 15.8. The van der Waals surface area contributed by atoms with Crippen molar-refractivity contribution in [2.45, 2.75) is 12.8 Å². The van der Waals surface area contributed by atoms with Gasteiger partial charge < -0.3 is 0 Å². The first-order valence-corrected chi connectivity index (χ1v) is 8.67. The molecule has 0 saturated heterocycles. The maximum absolute atomic E-state index is 6.04. The van der Waals surface area contributed by atoms with Gasteiger partial charge in [0.25, 0.3) is 0 Å². The zero-order valence-electron chi connectivity index (χ0n) is 12.6. The normalized spacial score (nSPS) is 21.6. The molecule has 2 aromatic carbocycles. The molecule has 2 aliphatic carbocycles. The molecule has 2 atom stereocenters. The first-order chi connectivity index (χ1) is 11.2. The number of hydrogen-bond donors (Lipinski definition) is 0. The highest BCUT2D eigenvalue weighted by Crippen LogP contribution is 2.52. The predicted octanol–water partition coefficient (Wildman–Crippen LogP) is 6.55. The lowest BCUT2D eigenvalue weighted by Gasteiger charge is -2.06. The van der Waals surface area contributed by atoms with Gasteiger partial charge in [0.1, 0.15) is 0 Å². The quantitative estimate of drug-likeness (QED) is 0.430. The predicted molar refractivity (Wildman–Crippen MR) is 97.8 cm³/mol. The van der Waals surface area contributed by atoms with Crippen LogP contribution in [0.15, 0.2) is 72.0 Å². The van der Waals surface area contributed by atoms with E-state index in [1.807, 2.05) is 24.3 Å². The van der Waals surface area contributed by atoms with Gasteiger partial charge in [-0.3, -0.25) is 0 Å². The molecule has 2 aliphatic rings. The van der Waals surface area contributed by atoms with E-state index in [0.717, 1.165) is 26.7 Å². The molecule has 4 rings (SSSR count). The highest BCUT2D eigenvalue weighted by molar-refractivity contribution is 6.31. The molecule has 0 radical (unpaired) electrons. The summed E-state index contributed by atoms with van der Waals surface area (Å²) in [6, 6.07) is 15.9. The molecule has 0 N–H and O–H groups in total. The van der Waals surface area contributed by atoms with Crippen LogP contribution < -0.4 is 0 Å². The molecule has 0 aliphatic heterocycles. The van der Waals surface area contributed by atoms with Gasteiger partial charge in [0.15, 0.2) is 0 Å². The molecule has 0 aromatic heterocycles. The van der Waals surface area contributed by atoms with Crippen molar-refractivity contribution in [1.82, 2.24) is 0 Å². The third kappa shape index (κ3) is 3.03. The Kier molecular flexibility index (Phi) is 3.91. The fourth-order valence-electron chi connectivity index (χ4n) is 3.30. The second-order valence-corrected chi connectivity index (χ2v) is 6.98. The number of fused-ring (bicyclic) bond motifs is 1. The van der Waals surface area contributed by atoms with E-state index < -0.39 is 0 Å². The van der Waals surface area contributed by atoms with Crippen LogP contribution in [-0.2, 0) is 0 Å². The number of benzene rings is 2. The fourth-order valence-corrected chi connectivity index (χ4v) is 3.55. The highest BCUT2D eigenvalue weighted by atomic mass is 35.5. The van der Waals surface area contributed by atoms with Crippen molar-refractivity contribution in [3.8, 4) is 0 Å². The van der Waals surface area contributed by atoms with Gasteiger partial charge in [-0.25, -0.2) is 0 Å². The van der Waals surface area contributed by atoms with Crippen molar-refractivity contribution < 1.29 is 0 Å². The molecule has 114 valence electrons. The van der Waals surface area contributed by atoms with Crippen molar-refractivity contribution in [1.29, 1.82) is 0 Å². The molecule has 0 heterocycles. The number of halogens is 2. The molecular weight excluding hydrogens is 323 g/mol. The second kappa shape index (κ2) is 6.06. The van der Waals surface area contributed by atoms with Crippen LogP contribution in [0, 0.1) is 11.8 Å². The Labute approximate surface area is 146 Å². The zero-order valence-corrected chi connectivity index (χ0v) is 14.1. The monoisotopic (exact) mass is 338 g/mol. The Morgan fingerprint density at radius 1 is 0.870 bits per heavy atom. The molecule has 0 spiro atoms. The minimum absolute atomic E-state index is 0.596. The van der Waals surface area contributed by atoms with Crippen LogP contribution in [0.1, 0.15) is 24.0 Å². The van der Waals surface area contributed by atoms with Crippen LogP contribution in [0.3, 0.4) is 0 Å². The summed E-state index contributed by atoms with van der Waals surface area (Å²) in [4.78, 5) is 0. The average molecular weight is 339 g/mol. The standard InChI is InChI=1S/C21H16Cl2/c22-16-9-5-14(6-10-16)20(15-7-11-17(23)12-8-15)13-21-18-3-1-2-4-19(18)21/h1,3,5-12,18-19H,2,4H2. The summed E-state index contributed by atoms with van der Waals surface area (Å²) >= 11 is 12.1. The summed E-state index contributed by atoms with van der Waals surface area (Å²) in [6.45, 7) is 0. The van der Waals surface area contributed by atoms with Crippen molar-refractivity contribution in [2.24, 2.45) is 11.8 Å². The van der Waals surface area contributed by atoms with Crippen LogP contribution in [-0.4, -0.2) is 0 Å². The van der Waals surface area contributed by atoms with E-state index in [1.54, 1.807) is 0 Å². The van der Waals surface area contributed by atoms with E-state index >= 15 is 0 Å². The van der Waals surface area contributed by atoms with Gasteiger partial charge in [0.05, 0.1) is 0 Å². The van der Waals surface area contributed by atoms with E-state index in [1.165, 1.54) is 18.4 Å². The molecule has 0 nitrogen and oxygen atoms in total. The maximum atomic E-state index is 6.04. The summed E-state index contributed by atoms with van der Waals surface area (Å²) in [5.41, 5.74) is 8.52. The van der Waals surface area contributed by atoms with Crippen LogP contribution in [0.4, 0.5) is 0 Å². The lowest BCUT2D eigenvalue weighted by atomic mass is 9.98.